The van der Waals surface area contributed by atoms with Crippen molar-refractivity contribution >= 4 is 17.2 Å². The van der Waals surface area contributed by atoms with Crippen LogP contribution in [0.3, 0.4) is 0 Å². The van der Waals surface area contributed by atoms with Crippen LogP contribution in [0.2, 0.25) is 0 Å². The number of benzene rings is 3. The Morgan fingerprint density at radius 2 is 1.21 bits per heavy atom. The van der Waals surface area contributed by atoms with Crippen molar-refractivity contribution in [3.05, 3.63) is 108 Å². The second kappa shape index (κ2) is 12.0. The highest BCUT2D eigenvalue weighted by Gasteiger charge is 2.25. The molecule has 0 bridgehead atoms. The van der Waals surface area contributed by atoms with Gasteiger partial charge in [0.1, 0.15) is 4.99 Å². The fourth-order valence-corrected chi connectivity index (χ4v) is 3.26. The first-order chi connectivity index (χ1) is 13.7. The Kier molecular flexibility index (Phi) is 9.35. The van der Waals surface area contributed by atoms with E-state index < -0.39 is 0 Å². The van der Waals surface area contributed by atoms with E-state index in [0.717, 1.165) is 16.7 Å². The highest BCUT2D eigenvalue weighted by Crippen LogP contribution is 2.31. The van der Waals surface area contributed by atoms with Crippen molar-refractivity contribution in [1.82, 2.24) is 5.32 Å². The standard InChI is InChI=1S/C22H21NOS.C2H6O/c24-16-20(17-10-4-1-5-11-17)21(18-12-6-2-7-13-18)23-22(25)19-14-8-3-9-15-19;1-2-3/h1-15,20-21,24H,16H2,(H,23,25);3H,2H2,1H3/t20-,21+;/m1./s1. The number of thiocarbonyl (C=S) groups is 1. The summed E-state index contributed by atoms with van der Waals surface area (Å²) in [6.07, 6.45) is 0. The molecular formula is C24H27NO2S. The highest BCUT2D eigenvalue weighted by molar-refractivity contribution is 7.80. The van der Waals surface area contributed by atoms with E-state index >= 15 is 0 Å². The van der Waals surface area contributed by atoms with Crippen molar-refractivity contribution in [2.45, 2.75) is 18.9 Å². The summed E-state index contributed by atoms with van der Waals surface area (Å²) < 4.78 is 0. The lowest BCUT2D eigenvalue weighted by atomic mass is 9.87. The number of nitrogens with one attached hydrogen (secondary N) is 1. The lowest BCUT2D eigenvalue weighted by Crippen LogP contribution is -2.33. The molecule has 4 heteroatoms. The van der Waals surface area contributed by atoms with Crippen LogP contribution in [0.25, 0.3) is 0 Å². The molecule has 2 atom stereocenters. The van der Waals surface area contributed by atoms with Gasteiger partial charge in [0.25, 0.3) is 0 Å². The van der Waals surface area contributed by atoms with Gasteiger partial charge in [-0.2, -0.15) is 0 Å². The molecule has 0 aliphatic rings. The molecule has 3 aromatic carbocycles. The molecule has 0 heterocycles. The van der Waals surface area contributed by atoms with Crippen molar-refractivity contribution in [3.63, 3.8) is 0 Å². The Morgan fingerprint density at radius 1 is 0.786 bits per heavy atom. The molecule has 3 N–H and O–H groups in total. The summed E-state index contributed by atoms with van der Waals surface area (Å²) in [4.78, 5) is 0.684. The third-order valence-electron chi connectivity index (χ3n) is 4.31. The third-order valence-corrected chi connectivity index (χ3v) is 4.66. The topological polar surface area (TPSA) is 52.5 Å². The molecule has 3 rings (SSSR count). The molecule has 0 saturated carbocycles. The maximum atomic E-state index is 10.1. The van der Waals surface area contributed by atoms with Crippen LogP contribution in [-0.2, 0) is 0 Å². The summed E-state index contributed by atoms with van der Waals surface area (Å²) in [6, 6.07) is 30.0. The predicted molar refractivity (Wildman–Crippen MR) is 119 cm³/mol. The normalized spacial score (nSPS) is 12.2. The minimum absolute atomic E-state index is 0.0357. The zero-order valence-corrected chi connectivity index (χ0v) is 16.8. The van der Waals surface area contributed by atoms with Crippen LogP contribution in [-0.4, -0.2) is 28.4 Å². The molecule has 3 nitrogen and oxygen atoms in total. The molecule has 0 radical (unpaired) electrons. The smallest absolute Gasteiger partial charge is 0.107 e. The van der Waals surface area contributed by atoms with E-state index in [1.54, 1.807) is 6.92 Å². The molecule has 0 spiro atoms. The Hall–Kier alpha value is -2.53. The average molecular weight is 394 g/mol. The average Bonchev–Trinajstić information content (AvgIpc) is 2.76. The van der Waals surface area contributed by atoms with Gasteiger partial charge in [-0.1, -0.05) is 103 Å². The Bertz CT molecular complexity index is 810. The molecular weight excluding hydrogens is 366 g/mol. The summed E-state index contributed by atoms with van der Waals surface area (Å²) in [5.74, 6) is -0.0923. The zero-order chi connectivity index (χ0) is 20.2. The SMILES string of the molecule is CCO.OC[C@H](c1ccccc1)[C@@H](NC(=S)c1ccccc1)c1ccccc1. The van der Waals surface area contributed by atoms with E-state index in [1.165, 1.54) is 0 Å². The number of hydrogen-bond donors (Lipinski definition) is 3. The van der Waals surface area contributed by atoms with Crippen LogP contribution in [0.15, 0.2) is 91.0 Å². The summed E-state index contributed by atoms with van der Waals surface area (Å²) in [7, 11) is 0. The van der Waals surface area contributed by atoms with E-state index in [-0.39, 0.29) is 25.2 Å². The minimum atomic E-state index is -0.110. The molecule has 146 valence electrons. The Labute approximate surface area is 172 Å². The zero-order valence-electron chi connectivity index (χ0n) is 16.0. The molecule has 0 unspecified atom stereocenters. The van der Waals surface area contributed by atoms with Crippen LogP contribution in [0.1, 0.15) is 35.6 Å². The Morgan fingerprint density at radius 3 is 1.68 bits per heavy atom. The summed E-state index contributed by atoms with van der Waals surface area (Å²) >= 11 is 5.62. The molecule has 0 aliphatic heterocycles. The van der Waals surface area contributed by atoms with Crippen molar-refractivity contribution in [1.29, 1.82) is 0 Å². The van der Waals surface area contributed by atoms with Gasteiger partial charge in [-0.3, -0.25) is 0 Å². The molecule has 28 heavy (non-hydrogen) atoms. The maximum absolute atomic E-state index is 10.1. The van der Waals surface area contributed by atoms with E-state index in [9.17, 15) is 5.11 Å². The van der Waals surface area contributed by atoms with Crippen LogP contribution < -0.4 is 5.32 Å². The largest absolute Gasteiger partial charge is 0.397 e. The lowest BCUT2D eigenvalue weighted by molar-refractivity contribution is 0.243. The fraction of sp³-hybridized carbons (Fsp3) is 0.208. The van der Waals surface area contributed by atoms with Crippen LogP contribution in [0.4, 0.5) is 0 Å². The first kappa shape index (κ1) is 21.8. The van der Waals surface area contributed by atoms with Crippen molar-refractivity contribution in [2.24, 2.45) is 0 Å². The molecule has 0 saturated heterocycles. The van der Waals surface area contributed by atoms with E-state index in [1.807, 2.05) is 78.9 Å². The minimum Gasteiger partial charge on any atom is -0.397 e. The number of aliphatic hydroxyl groups is 2. The van der Waals surface area contributed by atoms with Crippen molar-refractivity contribution in [3.8, 4) is 0 Å². The molecule has 0 aliphatic carbocycles. The number of hydrogen-bond acceptors (Lipinski definition) is 3. The quantitative estimate of drug-likeness (QED) is 0.541. The fourth-order valence-electron chi connectivity index (χ4n) is 2.99. The summed E-state index contributed by atoms with van der Waals surface area (Å²) in [5, 5.41) is 21.2. The maximum Gasteiger partial charge on any atom is 0.107 e. The summed E-state index contributed by atoms with van der Waals surface area (Å²) in [5.41, 5.74) is 3.16. The van der Waals surface area contributed by atoms with Crippen LogP contribution in [0, 0.1) is 0 Å². The monoisotopic (exact) mass is 393 g/mol. The van der Waals surface area contributed by atoms with Gasteiger partial charge >= 0.3 is 0 Å². The number of rotatable bonds is 6. The first-order valence-corrected chi connectivity index (χ1v) is 9.79. The van der Waals surface area contributed by atoms with Gasteiger partial charge in [-0.15, -0.1) is 0 Å². The molecule has 0 fully saturated rings. The lowest BCUT2D eigenvalue weighted by Gasteiger charge is -2.29. The van der Waals surface area contributed by atoms with Crippen LogP contribution in [0.5, 0.6) is 0 Å². The van der Waals surface area contributed by atoms with Gasteiger partial charge in [0.05, 0.1) is 12.6 Å². The molecule has 0 aromatic heterocycles. The first-order valence-electron chi connectivity index (χ1n) is 9.38. The van der Waals surface area contributed by atoms with Gasteiger partial charge in [-0.25, -0.2) is 0 Å². The van der Waals surface area contributed by atoms with Gasteiger partial charge in [0.2, 0.25) is 0 Å². The molecule has 3 aromatic rings. The van der Waals surface area contributed by atoms with Crippen molar-refractivity contribution in [2.75, 3.05) is 13.2 Å². The molecule has 0 amide bonds. The van der Waals surface area contributed by atoms with E-state index in [2.05, 4.69) is 17.4 Å². The predicted octanol–water partition coefficient (Wildman–Crippen LogP) is 4.47. The van der Waals surface area contributed by atoms with E-state index in [0.29, 0.717) is 4.99 Å². The second-order valence-electron chi connectivity index (χ2n) is 6.24. The van der Waals surface area contributed by atoms with Gasteiger partial charge < -0.3 is 15.5 Å². The van der Waals surface area contributed by atoms with E-state index in [4.69, 9.17) is 17.3 Å². The summed E-state index contributed by atoms with van der Waals surface area (Å²) in [6.45, 7) is 1.97. The van der Waals surface area contributed by atoms with Crippen molar-refractivity contribution < 1.29 is 10.2 Å². The highest BCUT2D eigenvalue weighted by atomic mass is 32.1. The third kappa shape index (κ3) is 6.27. The number of aliphatic hydroxyl groups excluding tert-OH is 2. The Balaban J connectivity index is 0.000000878. The van der Waals surface area contributed by atoms with Gasteiger partial charge in [0, 0.05) is 18.1 Å². The second-order valence-corrected chi connectivity index (χ2v) is 6.65. The van der Waals surface area contributed by atoms with Gasteiger partial charge in [-0.05, 0) is 18.1 Å². The van der Waals surface area contributed by atoms with Gasteiger partial charge in [0.15, 0.2) is 0 Å². The van der Waals surface area contributed by atoms with Crippen LogP contribution >= 0.6 is 12.2 Å².